The Morgan fingerprint density at radius 3 is 2.51 bits per heavy atom. The van der Waals surface area contributed by atoms with Gasteiger partial charge in [0.1, 0.15) is 35.1 Å². The Balaban J connectivity index is 1.25. The Morgan fingerprint density at radius 1 is 1.04 bits per heavy atom. The number of rotatable bonds is 7. The summed E-state index contributed by atoms with van der Waals surface area (Å²) < 4.78 is 55.7. The number of allylic oxidation sites excluding steroid dienone is 1. The van der Waals surface area contributed by atoms with E-state index >= 15 is 0 Å². The van der Waals surface area contributed by atoms with E-state index in [2.05, 4.69) is 15.4 Å². The van der Waals surface area contributed by atoms with Gasteiger partial charge in [0.15, 0.2) is 0 Å². The van der Waals surface area contributed by atoms with E-state index in [0.29, 0.717) is 36.0 Å². The lowest BCUT2D eigenvalue weighted by molar-refractivity contribution is -0.141. The molecule has 15 nitrogen and oxygen atoms in total. The number of alkyl carbamates (subject to hydrolysis) is 1. The first-order valence-corrected chi connectivity index (χ1v) is 20.7. The fourth-order valence-electron chi connectivity index (χ4n) is 7.55. The summed E-state index contributed by atoms with van der Waals surface area (Å²) in [5, 5.41) is 5.46. The first-order chi connectivity index (χ1) is 27.0. The molecule has 17 heteroatoms. The average Bonchev–Trinajstić information content (AvgIpc) is 3.43. The minimum absolute atomic E-state index is 0.0116. The molecule has 308 valence electrons. The van der Waals surface area contributed by atoms with Crippen LogP contribution in [-0.4, -0.2) is 95.4 Å². The van der Waals surface area contributed by atoms with Crippen LogP contribution in [0, 0.1) is 11.7 Å². The second-order valence-corrected chi connectivity index (χ2v) is 18.0. The lowest BCUT2D eigenvalue weighted by Crippen LogP contribution is -2.59. The van der Waals surface area contributed by atoms with Gasteiger partial charge in [0.25, 0.3) is 5.91 Å². The fraction of sp³-hybridized carbons (Fsp3) is 0.525. The van der Waals surface area contributed by atoms with E-state index in [0.717, 1.165) is 10.7 Å². The van der Waals surface area contributed by atoms with E-state index in [1.165, 1.54) is 22.9 Å². The van der Waals surface area contributed by atoms with Gasteiger partial charge in [-0.25, -0.2) is 18.7 Å². The van der Waals surface area contributed by atoms with Crippen LogP contribution in [0.3, 0.4) is 0 Å². The van der Waals surface area contributed by atoms with Crippen LogP contribution in [-0.2, 0) is 53.7 Å². The maximum absolute atomic E-state index is 14.5. The molecule has 0 aromatic heterocycles. The smallest absolute Gasteiger partial charge is 0.410 e. The predicted octanol–water partition coefficient (Wildman–Crippen LogP) is 4.03. The van der Waals surface area contributed by atoms with Crippen LogP contribution in [0.1, 0.15) is 82.4 Å². The van der Waals surface area contributed by atoms with Crippen molar-refractivity contribution in [1.29, 1.82) is 0 Å². The molecule has 4 aliphatic rings. The molecule has 0 unspecified atom stereocenters. The number of nitrogens with zero attached hydrogens (tertiary/aromatic N) is 3. The predicted molar refractivity (Wildman–Crippen MR) is 205 cm³/mol. The van der Waals surface area contributed by atoms with Crippen molar-refractivity contribution in [3.8, 4) is 0 Å². The van der Waals surface area contributed by atoms with Gasteiger partial charge in [-0.1, -0.05) is 67.5 Å². The molecule has 2 aromatic rings. The Hall–Kier alpha value is -5.03. The van der Waals surface area contributed by atoms with Crippen LogP contribution in [0.2, 0.25) is 0 Å². The highest BCUT2D eigenvalue weighted by molar-refractivity contribution is 7.87. The number of nitrogens with one attached hydrogen (secondary N) is 3. The molecule has 0 radical (unpaired) electrons. The number of benzene rings is 2. The van der Waals surface area contributed by atoms with Gasteiger partial charge in [-0.15, -0.1) is 0 Å². The summed E-state index contributed by atoms with van der Waals surface area (Å²) in [6.07, 6.45) is 3.92. The van der Waals surface area contributed by atoms with Gasteiger partial charge in [0.05, 0.1) is 13.1 Å². The van der Waals surface area contributed by atoms with Crippen LogP contribution < -0.4 is 15.4 Å². The number of hydrogen-bond acceptors (Lipinski definition) is 9. The second-order valence-electron chi connectivity index (χ2n) is 16.2. The summed E-state index contributed by atoms with van der Waals surface area (Å²) in [5.74, 6) is -3.29. The van der Waals surface area contributed by atoms with Crippen molar-refractivity contribution < 1.29 is 46.3 Å². The zero-order chi connectivity index (χ0) is 41.1. The van der Waals surface area contributed by atoms with Crippen molar-refractivity contribution in [3.05, 3.63) is 83.2 Å². The van der Waals surface area contributed by atoms with E-state index in [1.807, 2.05) is 6.08 Å². The number of carbonyl (C=O) groups is 5. The molecule has 1 aliphatic carbocycles. The van der Waals surface area contributed by atoms with E-state index < -0.39 is 81.2 Å². The molecule has 3 N–H and O–H groups in total. The maximum atomic E-state index is 14.5. The summed E-state index contributed by atoms with van der Waals surface area (Å²) in [6, 6.07) is 11.1. The SMILES string of the molecule is CN(Cc1ccccc1)S(=O)(=O)NC(=O)[C@@]12C[C@H]1/C=C\CCCCC[C@H](NC(=O)OC(C)(C)C)C(=O)N1C[C@H](OC(=O)N3Cc4cccc(F)c4C3)C[C@H]1C(=O)N2. The summed E-state index contributed by atoms with van der Waals surface area (Å²) >= 11 is 0. The highest BCUT2D eigenvalue weighted by Crippen LogP contribution is 2.46. The fourth-order valence-corrected chi connectivity index (χ4v) is 8.45. The summed E-state index contributed by atoms with van der Waals surface area (Å²) in [5.41, 5.74) is -0.790. The molecule has 2 fully saturated rings. The van der Waals surface area contributed by atoms with Crippen LogP contribution in [0.15, 0.2) is 60.7 Å². The summed E-state index contributed by atoms with van der Waals surface area (Å²) in [6.45, 7) is 4.94. The van der Waals surface area contributed by atoms with Crippen LogP contribution >= 0.6 is 0 Å². The van der Waals surface area contributed by atoms with E-state index in [-0.39, 0.29) is 45.4 Å². The first kappa shape index (κ1) is 41.6. The van der Waals surface area contributed by atoms with Crippen molar-refractivity contribution in [3.63, 3.8) is 0 Å². The summed E-state index contributed by atoms with van der Waals surface area (Å²) in [4.78, 5) is 71.7. The van der Waals surface area contributed by atoms with Crippen LogP contribution in [0.25, 0.3) is 0 Å². The van der Waals surface area contributed by atoms with E-state index in [4.69, 9.17) is 9.47 Å². The molecular formula is C40H51FN6O9S. The maximum Gasteiger partial charge on any atom is 0.410 e. The topological polar surface area (TPSA) is 184 Å². The van der Waals surface area contributed by atoms with Crippen LogP contribution in [0.5, 0.6) is 0 Å². The molecule has 3 heterocycles. The van der Waals surface area contributed by atoms with E-state index in [1.54, 1.807) is 69.3 Å². The molecule has 0 bridgehead atoms. The lowest BCUT2D eigenvalue weighted by atomic mass is 10.0. The van der Waals surface area contributed by atoms with Crippen molar-refractivity contribution in [2.24, 2.45) is 5.92 Å². The first-order valence-electron chi connectivity index (χ1n) is 19.3. The minimum Gasteiger partial charge on any atom is -0.444 e. The highest BCUT2D eigenvalue weighted by atomic mass is 32.2. The number of amides is 5. The Morgan fingerprint density at radius 2 is 1.79 bits per heavy atom. The molecule has 5 atom stereocenters. The number of hydrogen-bond donors (Lipinski definition) is 3. The van der Waals surface area contributed by atoms with Gasteiger partial charge in [0.2, 0.25) is 11.8 Å². The lowest BCUT2D eigenvalue weighted by Gasteiger charge is -2.30. The molecule has 1 saturated carbocycles. The monoisotopic (exact) mass is 810 g/mol. The third-order valence-electron chi connectivity index (χ3n) is 10.7. The average molecular weight is 811 g/mol. The van der Waals surface area contributed by atoms with Gasteiger partial charge in [0, 0.05) is 38.0 Å². The number of fused-ring (bicyclic) bond motifs is 3. The van der Waals surface area contributed by atoms with E-state index in [9.17, 15) is 36.8 Å². The Labute approximate surface area is 332 Å². The number of halogens is 1. The third-order valence-corrected chi connectivity index (χ3v) is 12.1. The van der Waals surface area contributed by atoms with Crippen molar-refractivity contribution in [2.45, 2.75) is 115 Å². The third kappa shape index (κ3) is 9.93. The van der Waals surface area contributed by atoms with Crippen molar-refractivity contribution >= 4 is 40.1 Å². The second kappa shape index (κ2) is 16.8. The summed E-state index contributed by atoms with van der Waals surface area (Å²) in [7, 11) is -3.02. The Kier molecular flexibility index (Phi) is 12.3. The molecular weight excluding hydrogens is 760 g/mol. The van der Waals surface area contributed by atoms with Gasteiger partial charge in [-0.3, -0.25) is 19.3 Å². The molecule has 6 rings (SSSR count). The van der Waals surface area contributed by atoms with Gasteiger partial charge in [-0.05, 0) is 63.6 Å². The minimum atomic E-state index is -4.36. The standard InChI is InChI=1S/C40H51FN6O9S/c1-39(2,3)56-37(51)42-32-19-12-7-5-6-11-17-28-21-40(28,36(50)44-57(53,54)45(4)22-26-14-9-8-10-15-26)43-34(48)33-20-29(24-47(33)35(32)49)55-38(52)46-23-27-16-13-18-31(41)30(27)25-46/h8-11,13-18,28-29,32-33H,5-7,12,19-25H2,1-4H3,(H,42,51)(H,43,48)(H,44,50)/b17-11-/t28-,29-,32+,33+,40-/m1/s1. The number of ether oxygens (including phenoxy) is 2. The van der Waals surface area contributed by atoms with Crippen LogP contribution in [0.4, 0.5) is 14.0 Å². The van der Waals surface area contributed by atoms with Gasteiger partial charge >= 0.3 is 22.4 Å². The molecule has 57 heavy (non-hydrogen) atoms. The molecule has 2 aromatic carbocycles. The molecule has 3 aliphatic heterocycles. The number of carbonyl (C=O) groups excluding carboxylic acids is 5. The molecule has 1 saturated heterocycles. The largest absolute Gasteiger partial charge is 0.444 e. The molecule has 0 spiro atoms. The van der Waals surface area contributed by atoms with Crippen molar-refractivity contribution in [1.82, 2.24) is 29.5 Å². The normalized spacial score (nSPS) is 25.9. The van der Waals surface area contributed by atoms with Gasteiger partial charge < -0.3 is 25.0 Å². The van der Waals surface area contributed by atoms with Gasteiger partial charge in [-0.2, -0.15) is 12.7 Å². The highest BCUT2D eigenvalue weighted by Gasteiger charge is 2.62. The Bertz CT molecular complexity index is 2010. The zero-order valence-electron chi connectivity index (χ0n) is 32.7. The zero-order valence-corrected chi connectivity index (χ0v) is 33.5. The van der Waals surface area contributed by atoms with Crippen molar-refractivity contribution in [2.75, 3.05) is 13.6 Å². The quantitative estimate of drug-likeness (QED) is 0.348. The molecule has 5 amide bonds.